The molecule has 1 unspecified atom stereocenters. The van der Waals surface area contributed by atoms with Crippen molar-refractivity contribution in [3.05, 3.63) is 60.2 Å². The Bertz CT molecular complexity index is 694. The van der Waals surface area contributed by atoms with Gasteiger partial charge in [-0.1, -0.05) is 49.4 Å². The molecule has 1 heterocycles. The van der Waals surface area contributed by atoms with E-state index in [1.807, 2.05) is 42.5 Å². The molecule has 3 rings (SSSR count). The number of nitrogens with one attached hydrogen (secondary N) is 1. The highest BCUT2D eigenvalue weighted by atomic mass is 16.3. The summed E-state index contributed by atoms with van der Waals surface area (Å²) in [5.74, 6) is 0.208. The average Bonchev–Trinajstić information content (AvgIpc) is 2.63. The van der Waals surface area contributed by atoms with Crippen LogP contribution in [0, 0.1) is 0 Å². The lowest BCUT2D eigenvalue weighted by atomic mass is 9.97. The molecule has 1 atom stereocenters. The fourth-order valence-electron chi connectivity index (χ4n) is 3.34. The van der Waals surface area contributed by atoms with E-state index in [2.05, 4.69) is 29.3 Å². The molecule has 0 aliphatic carbocycles. The van der Waals surface area contributed by atoms with Crippen molar-refractivity contribution < 1.29 is 9.90 Å². The number of piperidine rings is 1. The standard InChI is InChI=1S/C21H26N2O2/c1-16(17-7-3-2-4-8-17)15-21(25)22-19-9-5-6-10-20(19)23-13-11-18(24)12-14-23/h2-10,16,18,24H,11-15H2,1H3,(H,22,25). The van der Waals surface area contributed by atoms with E-state index in [9.17, 15) is 9.90 Å². The van der Waals surface area contributed by atoms with E-state index in [-0.39, 0.29) is 17.9 Å². The predicted molar refractivity (Wildman–Crippen MR) is 102 cm³/mol. The van der Waals surface area contributed by atoms with E-state index < -0.39 is 0 Å². The van der Waals surface area contributed by atoms with Crippen molar-refractivity contribution in [1.29, 1.82) is 0 Å². The zero-order valence-corrected chi connectivity index (χ0v) is 14.7. The number of benzene rings is 2. The van der Waals surface area contributed by atoms with Crippen LogP contribution in [0.25, 0.3) is 0 Å². The molecule has 1 amide bonds. The van der Waals surface area contributed by atoms with Gasteiger partial charge in [0, 0.05) is 19.5 Å². The third kappa shape index (κ3) is 4.60. The van der Waals surface area contributed by atoms with Crippen LogP contribution in [0.4, 0.5) is 11.4 Å². The van der Waals surface area contributed by atoms with Gasteiger partial charge in [0.15, 0.2) is 0 Å². The van der Waals surface area contributed by atoms with Crippen molar-refractivity contribution in [3.63, 3.8) is 0 Å². The number of amides is 1. The molecule has 25 heavy (non-hydrogen) atoms. The van der Waals surface area contributed by atoms with Gasteiger partial charge in [0.1, 0.15) is 0 Å². The van der Waals surface area contributed by atoms with Crippen LogP contribution < -0.4 is 10.2 Å². The van der Waals surface area contributed by atoms with Crippen molar-refractivity contribution in [3.8, 4) is 0 Å². The van der Waals surface area contributed by atoms with Gasteiger partial charge in [-0.25, -0.2) is 0 Å². The Morgan fingerprint density at radius 3 is 2.48 bits per heavy atom. The van der Waals surface area contributed by atoms with Gasteiger partial charge in [0.25, 0.3) is 0 Å². The van der Waals surface area contributed by atoms with E-state index >= 15 is 0 Å². The van der Waals surface area contributed by atoms with Crippen molar-refractivity contribution in [2.24, 2.45) is 0 Å². The maximum Gasteiger partial charge on any atom is 0.225 e. The first-order valence-electron chi connectivity index (χ1n) is 9.00. The van der Waals surface area contributed by atoms with Gasteiger partial charge in [-0.15, -0.1) is 0 Å². The van der Waals surface area contributed by atoms with Crippen LogP contribution in [0.2, 0.25) is 0 Å². The molecule has 4 heteroatoms. The molecule has 4 nitrogen and oxygen atoms in total. The van der Waals surface area contributed by atoms with Gasteiger partial charge in [-0.3, -0.25) is 4.79 Å². The van der Waals surface area contributed by atoms with E-state index in [0.29, 0.717) is 6.42 Å². The van der Waals surface area contributed by atoms with Gasteiger partial charge in [-0.05, 0) is 36.5 Å². The number of rotatable bonds is 5. The molecule has 1 aliphatic rings. The van der Waals surface area contributed by atoms with Crippen molar-refractivity contribution in [1.82, 2.24) is 0 Å². The molecular weight excluding hydrogens is 312 g/mol. The Balaban J connectivity index is 1.65. The summed E-state index contributed by atoms with van der Waals surface area (Å²) >= 11 is 0. The number of aliphatic hydroxyl groups excluding tert-OH is 1. The van der Waals surface area contributed by atoms with Crippen LogP contribution in [0.15, 0.2) is 54.6 Å². The van der Waals surface area contributed by atoms with Crippen LogP contribution in [0.5, 0.6) is 0 Å². The Morgan fingerprint density at radius 2 is 1.76 bits per heavy atom. The molecule has 0 bridgehead atoms. The summed E-state index contributed by atoms with van der Waals surface area (Å²) in [6.07, 6.45) is 1.79. The number of hydrogen-bond acceptors (Lipinski definition) is 3. The monoisotopic (exact) mass is 338 g/mol. The summed E-state index contributed by atoms with van der Waals surface area (Å²) in [5, 5.41) is 12.8. The molecule has 2 N–H and O–H groups in total. The van der Waals surface area contributed by atoms with E-state index in [4.69, 9.17) is 0 Å². The molecular formula is C21H26N2O2. The third-order valence-corrected chi connectivity index (χ3v) is 4.84. The highest BCUT2D eigenvalue weighted by Gasteiger charge is 2.20. The first kappa shape index (κ1) is 17.5. The summed E-state index contributed by atoms with van der Waals surface area (Å²) in [6, 6.07) is 18.0. The predicted octanol–water partition coefficient (Wildman–Crippen LogP) is 3.78. The van der Waals surface area contributed by atoms with Gasteiger partial charge in [0.05, 0.1) is 17.5 Å². The maximum atomic E-state index is 12.5. The van der Waals surface area contributed by atoms with Crippen molar-refractivity contribution in [2.75, 3.05) is 23.3 Å². The van der Waals surface area contributed by atoms with Crippen LogP contribution >= 0.6 is 0 Å². The number of anilines is 2. The lowest BCUT2D eigenvalue weighted by molar-refractivity contribution is -0.116. The number of carbonyl (C=O) groups excluding carboxylic acids is 1. The minimum atomic E-state index is -0.204. The van der Waals surface area contributed by atoms with Crippen LogP contribution in [0.3, 0.4) is 0 Å². The van der Waals surface area contributed by atoms with Crippen LogP contribution in [-0.4, -0.2) is 30.2 Å². The molecule has 1 saturated heterocycles. The lowest BCUT2D eigenvalue weighted by Gasteiger charge is -2.32. The second-order valence-corrected chi connectivity index (χ2v) is 6.80. The topological polar surface area (TPSA) is 52.6 Å². The smallest absolute Gasteiger partial charge is 0.225 e. The Hall–Kier alpha value is -2.33. The molecule has 0 saturated carbocycles. The fraction of sp³-hybridized carbons (Fsp3) is 0.381. The van der Waals surface area contributed by atoms with E-state index in [0.717, 1.165) is 37.3 Å². The third-order valence-electron chi connectivity index (χ3n) is 4.84. The van der Waals surface area contributed by atoms with Gasteiger partial charge in [0.2, 0.25) is 5.91 Å². The minimum Gasteiger partial charge on any atom is -0.393 e. The lowest BCUT2D eigenvalue weighted by Crippen LogP contribution is -2.36. The van der Waals surface area contributed by atoms with E-state index in [1.165, 1.54) is 5.56 Å². The summed E-state index contributed by atoms with van der Waals surface area (Å²) in [6.45, 7) is 3.70. The van der Waals surface area contributed by atoms with Crippen molar-refractivity contribution in [2.45, 2.75) is 38.2 Å². The highest BCUT2D eigenvalue weighted by molar-refractivity contribution is 5.94. The van der Waals surface area contributed by atoms with Gasteiger partial charge >= 0.3 is 0 Å². The summed E-state index contributed by atoms with van der Waals surface area (Å²) < 4.78 is 0. The summed E-state index contributed by atoms with van der Waals surface area (Å²) in [5.41, 5.74) is 3.07. The van der Waals surface area contributed by atoms with E-state index in [1.54, 1.807) is 0 Å². The molecule has 2 aromatic carbocycles. The number of para-hydroxylation sites is 2. The molecule has 0 aromatic heterocycles. The first-order chi connectivity index (χ1) is 12.1. The molecule has 2 aromatic rings. The van der Waals surface area contributed by atoms with Gasteiger partial charge in [-0.2, -0.15) is 0 Å². The molecule has 1 aliphatic heterocycles. The first-order valence-corrected chi connectivity index (χ1v) is 9.00. The normalized spacial score (nSPS) is 16.5. The zero-order chi connectivity index (χ0) is 17.6. The summed E-state index contributed by atoms with van der Waals surface area (Å²) in [7, 11) is 0. The largest absolute Gasteiger partial charge is 0.393 e. The summed E-state index contributed by atoms with van der Waals surface area (Å²) in [4.78, 5) is 14.8. The Labute approximate surface area is 149 Å². The van der Waals surface area contributed by atoms with Crippen LogP contribution in [-0.2, 0) is 4.79 Å². The SMILES string of the molecule is CC(CC(=O)Nc1ccccc1N1CCC(O)CC1)c1ccccc1. The Kier molecular flexibility index (Phi) is 5.71. The molecule has 0 radical (unpaired) electrons. The molecule has 0 spiro atoms. The average molecular weight is 338 g/mol. The number of nitrogens with zero attached hydrogens (tertiary/aromatic N) is 1. The number of aliphatic hydroxyl groups is 1. The van der Waals surface area contributed by atoms with Crippen LogP contribution in [0.1, 0.15) is 37.7 Å². The second-order valence-electron chi connectivity index (χ2n) is 6.80. The Morgan fingerprint density at radius 1 is 1.12 bits per heavy atom. The maximum absolute atomic E-state index is 12.5. The quantitative estimate of drug-likeness (QED) is 0.872. The minimum absolute atomic E-state index is 0.0286. The van der Waals surface area contributed by atoms with Gasteiger partial charge < -0.3 is 15.3 Å². The second kappa shape index (κ2) is 8.17. The highest BCUT2D eigenvalue weighted by Crippen LogP contribution is 2.29. The zero-order valence-electron chi connectivity index (χ0n) is 14.7. The molecule has 132 valence electrons. The molecule has 1 fully saturated rings. The van der Waals surface area contributed by atoms with Crippen molar-refractivity contribution >= 4 is 17.3 Å². The fourth-order valence-corrected chi connectivity index (χ4v) is 3.34. The number of hydrogen-bond donors (Lipinski definition) is 2. The number of carbonyl (C=O) groups is 1.